The normalized spacial score (nSPS) is 18.7. The zero-order chi connectivity index (χ0) is 13.1. The summed E-state index contributed by atoms with van der Waals surface area (Å²) >= 11 is 0. The number of likely N-dealkylation sites (N-methyl/N-ethyl adjacent to an activating group) is 1. The Morgan fingerprint density at radius 2 is 2.17 bits per heavy atom. The number of benzene rings is 1. The average molecular weight is 251 g/mol. The Bertz CT molecular complexity index is 403. The summed E-state index contributed by atoms with van der Waals surface area (Å²) < 4.78 is 19.8. The molecule has 2 nitrogen and oxygen atoms in total. The Kier molecular flexibility index (Phi) is 4.36. The van der Waals surface area contributed by atoms with Gasteiger partial charge in [0.1, 0.15) is 5.82 Å². The van der Waals surface area contributed by atoms with Crippen LogP contribution in [0.5, 0.6) is 0 Å². The van der Waals surface area contributed by atoms with Crippen LogP contribution in [-0.4, -0.2) is 19.8 Å². The molecule has 1 aliphatic carbocycles. The largest absolute Gasteiger partial charge is 0.376 e. The van der Waals surface area contributed by atoms with Crippen molar-refractivity contribution in [3.63, 3.8) is 0 Å². The van der Waals surface area contributed by atoms with Crippen LogP contribution in [0.3, 0.4) is 0 Å². The average Bonchev–Trinajstić information content (AvgIpc) is 3.17. The van der Waals surface area contributed by atoms with Gasteiger partial charge in [0.2, 0.25) is 0 Å². The first-order valence-corrected chi connectivity index (χ1v) is 6.72. The minimum absolute atomic E-state index is 0.0580. The Morgan fingerprint density at radius 1 is 1.44 bits per heavy atom. The van der Waals surface area contributed by atoms with Crippen molar-refractivity contribution < 1.29 is 9.13 Å². The van der Waals surface area contributed by atoms with Gasteiger partial charge in [-0.05, 0) is 45.7 Å². The van der Waals surface area contributed by atoms with E-state index in [0.717, 1.165) is 11.1 Å². The van der Waals surface area contributed by atoms with Crippen LogP contribution in [0.15, 0.2) is 18.2 Å². The molecule has 1 saturated carbocycles. The first-order chi connectivity index (χ1) is 8.67. The van der Waals surface area contributed by atoms with Crippen LogP contribution in [0.4, 0.5) is 4.39 Å². The molecule has 1 fully saturated rings. The molecule has 0 bridgehead atoms. The third-order valence-corrected chi connectivity index (χ3v) is 3.57. The summed E-state index contributed by atoms with van der Waals surface area (Å²) in [6, 6.07) is 5.21. The molecule has 100 valence electrons. The van der Waals surface area contributed by atoms with E-state index in [-0.39, 0.29) is 18.0 Å². The molecule has 3 heteroatoms. The van der Waals surface area contributed by atoms with Crippen LogP contribution < -0.4 is 5.32 Å². The first-order valence-electron chi connectivity index (χ1n) is 6.72. The van der Waals surface area contributed by atoms with Crippen LogP contribution in [0.2, 0.25) is 0 Å². The maximum atomic E-state index is 14.0. The lowest BCUT2D eigenvalue weighted by molar-refractivity contribution is 0.0196. The van der Waals surface area contributed by atoms with E-state index in [1.807, 2.05) is 27.0 Å². The third-order valence-electron chi connectivity index (χ3n) is 3.57. The molecule has 0 spiro atoms. The summed E-state index contributed by atoms with van der Waals surface area (Å²) in [5.74, 6) is 0.424. The van der Waals surface area contributed by atoms with Gasteiger partial charge in [-0.2, -0.15) is 0 Å². The Balaban J connectivity index is 2.27. The summed E-state index contributed by atoms with van der Waals surface area (Å²) in [7, 11) is 1.88. The Hall–Kier alpha value is -0.930. The number of halogens is 1. The second-order valence-electron chi connectivity index (χ2n) is 5.05. The van der Waals surface area contributed by atoms with Crippen LogP contribution >= 0.6 is 0 Å². The van der Waals surface area contributed by atoms with Crippen molar-refractivity contribution in [2.45, 2.75) is 38.8 Å². The molecule has 0 radical (unpaired) electrons. The molecule has 18 heavy (non-hydrogen) atoms. The molecule has 0 aliphatic heterocycles. The van der Waals surface area contributed by atoms with E-state index in [4.69, 9.17) is 4.74 Å². The van der Waals surface area contributed by atoms with Gasteiger partial charge in [-0.1, -0.05) is 17.7 Å². The zero-order valence-electron chi connectivity index (χ0n) is 11.4. The SMILES string of the molecule is CCOC(C1CC1)C(NC)c1cc(C)ccc1F. The van der Waals surface area contributed by atoms with Gasteiger partial charge in [0, 0.05) is 12.2 Å². The number of rotatable bonds is 6. The monoisotopic (exact) mass is 251 g/mol. The maximum Gasteiger partial charge on any atom is 0.128 e. The predicted octanol–water partition coefficient (Wildman–Crippen LogP) is 3.21. The minimum Gasteiger partial charge on any atom is -0.376 e. The molecular formula is C15H22FNO. The van der Waals surface area contributed by atoms with Crippen molar-refractivity contribution in [3.05, 3.63) is 35.1 Å². The van der Waals surface area contributed by atoms with E-state index in [1.54, 1.807) is 12.1 Å². The summed E-state index contributed by atoms with van der Waals surface area (Å²) in [6.07, 6.45) is 2.46. The number of hydrogen-bond acceptors (Lipinski definition) is 2. The molecule has 0 aromatic heterocycles. The highest BCUT2D eigenvalue weighted by Gasteiger charge is 2.38. The fourth-order valence-electron chi connectivity index (χ4n) is 2.52. The minimum atomic E-state index is -0.148. The van der Waals surface area contributed by atoms with Gasteiger partial charge in [-0.25, -0.2) is 4.39 Å². The van der Waals surface area contributed by atoms with Crippen LogP contribution in [0.25, 0.3) is 0 Å². The van der Waals surface area contributed by atoms with E-state index in [9.17, 15) is 4.39 Å². The van der Waals surface area contributed by atoms with Gasteiger partial charge >= 0.3 is 0 Å². The van der Waals surface area contributed by atoms with Crippen molar-refractivity contribution in [3.8, 4) is 0 Å². The van der Waals surface area contributed by atoms with Crippen molar-refractivity contribution in [2.75, 3.05) is 13.7 Å². The lowest BCUT2D eigenvalue weighted by Gasteiger charge is -2.27. The summed E-state index contributed by atoms with van der Waals surface area (Å²) in [6.45, 7) is 4.66. The van der Waals surface area contributed by atoms with E-state index < -0.39 is 0 Å². The summed E-state index contributed by atoms with van der Waals surface area (Å²) in [5, 5.41) is 3.23. The first kappa shape index (κ1) is 13.5. The lowest BCUT2D eigenvalue weighted by atomic mass is 9.96. The Morgan fingerprint density at radius 3 is 2.72 bits per heavy atom. The van der Waals surface area contributed by atoms with Gasteiger partial charge in [0.05, 0.1) is 12.1 Å². The van der Waals surface area contributed by atoms with Crippen LogP contribution in [0, 0.1) is 18.7 Å². The molecule has 1 aromatic rings. The number of ether oxygens (including phenoxy) is 1. The van der Waals surface area contributed by atoms with Crippen molar-refractivity contribution in [1.29, 1.82) is 0 Å². The fourth-order valence-corrected chi connectivity index (χ4v) is 2.52. The second kappa shape index (κ2) is 5.81. The molecule has 1 aliphatic rings. The number of nitrogens with one attached hydrogen (secondary N) is 1. The lowest BCUT2D eigenvalue weighted by Crippen LogP contribution is -2.34. The Labute approximate surface area is 109 Å². The molecule has 1 N–H and O–H groups in total. The van der Waals surface area contributed by atoms with Crippen molar-refractivity contribution in [1.82, 2.24) is 5.32 Å². The van der Waals surface area contributed by atoms with E-state index in [2.05, 4.69) is 5.32 Å². The zero-order valence-corrected chi connectivity index (χ0v) is 11.4. The molecule has 0 heterocycles. The van der Waals surface area contributed by atoms with Crippen LogP contribution in [0.1, 0.15) is 36.9 Å². The summed E-state index contributed by atoms with van der Waals surface area (Å²) in [5.41, 5.74) is 1.81. The molecule has 0 amide bonds. The van der Waals surface area contributed by atoms with E-state index >= 15 is 0 Å². The second-order valence-corrected chi connectivity index (χ2v) is 5.05. The van der Waals surface area contributed by atoms with Gasteiger partial charge in [-0.3, -0.25) is 0 Å². The van der Waals surface area contributed by atoms with Crippen molar-refractivity contribution >= 4 is 0 Å². The summed E-state index contributed by atoms with van der Waals surface area (Å²) in [4.78, 5) is 0. The quantitative estimate of drug-likeness (QED) is 0.838. The molecule has 2 rings (SSSR count). The standard InChI is InChI=1S/C15H22FNO/c1-4-18-15(11-6-7-11)14(17-3)12-9-10(2)5-8-13(12)16/h5,8-9,11,14-15,17H,4,6-7H2,1-3H3. The molecular weight excluding hydrogens is 229 g/mol. The molecule has 1 aromatic carbocycles. The fraction of sp³-hybridized carbons (Fsp3) is 0.600. The van der Waals surface area contributed by atoms with Crippen molar-refractivity contribution in [2.24, 2.45) is 5.92 Å². The third kappa shape index (κ3) is 2.90. The highest BCUT2D eigenvalue weighted by molar-refractivity contribution is 5.28. The number of hydrogen-bond donors (Lipinski definition) is 1. The topological polar surface area (TPSA) is 21.3 Å². The predicted molar refractivity (Wildman–Crippen MR) is 71.1 cm³/mol. The molecule has 0 saturated heterocycles. The van der Waals surface area contributed by atoms with E-state index in [0.29, 0.717) is 12.5 Å². The molecule has 2 unspecified atom stereocenters. The van der Waals surface area contributed by atoms with E-state index in [1.165, 1.54) is 12.8 Å². The smallest absolute Gasteiger partial charge is 0.128 e. The van der Waals surface area contributed by atoms with Gasteiger partial charge in [0.25, 0.3) is 0 Å². The molecule has 2 atom stereocenters. The highest BCUT2D eigenvalue weighted by Crippen LogP contribution is 2.40. The maximum absolute atomic E-state index is 14.0. The van der Waals surface area contributed by atoms with Gasteiger partial charge in [-0.15, -0.1) is 0 Å². The van der Waals surface area contributed by atoms with Gasteiger partial charge < -0.3 is 10.1 Å². The van der Waals surface area contributed by atoms with Crippen LogP contribution in [-0.2, 0) is 4.74 Å². The highest BCUT2D eigenvalue weighted by atomic mass is 19.1. The number of aryl methyl sites for hydroxylation is 1. The van der Waals surface area contributed by atoms with Gasteiger partial charge in [0.15, 0.2) is 0 Å².